The van der Waals surface area contributed by atoms with E-state index in [1.165, 1.54) is 19.2 Å². The predicted molar refractivity (Wildman–Crippen MR) is 115 cm³/mol. The lowest BCUT2D eigenvalue weighted by Gasteiger charge is -2.24. The molecular weight excluding hydrogens is 412 g/mol. The number of amides is 1. The molecule has 0 unspecified atom stereocenters. The van der Waals surface area contributed by atoms with Crippen LogP contribution >= 0.6 is 11.6 Å². The maximum atomic E-state index is 13.4. The van der Waals surface area contributed by atoms with Gasteiger partial charge in [-0.15, -0.1) is 0 Å². The summed E-state index contributed by atoms with van der Waals surface area (Å²) in [5, 5.41) is 3.13. The van der Waals surface area contributed by atoms with Gasteiger partial charge in [0, 0.05) is 17.6 Å². The van der Waals surface area contributed by atoms with E-state index < -0.39 is 10.0 Å². The average molecular weight is 439 g/mol. The van der Waals surface area contributed by atoms with E-state index in [0.717, 1.165) is 22.7 Å². The lowest BCUT2D eigenvalue weighted by Crippen LogP contribution is -2.43. The molecule has 0 aliphatic carbocycles. The summed E-state index contributed by atoms with van der Waals surface area (Å²) < 4.78 is 33.2. The first-order valence-corrected chi connectivity index (χ1v) is 11.3. The summed E-state index contributed by atoms with van der Waals surface area (Å²) in [4.78, 5) is 12.5. The molecule has 0 radical (unpaired) electrons. The van der Waals surface area contributed by atoms with Crippen molar-refractivity contribution in [1.29, 1.82) is 0 Å². The molecule has 1 amide bonds. The molecule has 6 nitrogen and oxygen atoms in total. The second kappa shape index (κ2) is 10.6. The Morgan fingerprint density at radius 2 is 1.90 bits per heavy atom. The number of sulfonamides is 1. The van der Waals surface area contributed by atoms with Crippen LogP contribution in [0.4, 0.5) is 0 Å². The molecule has 0 spiro atoms. The van der Waals surface area contributed by atoms with E-state index in [9.17, 15) is 13.2 Å². The number of methoxy groups -OCH3 is 1. The topological polar surface area (TPSA) is 75.7 Å². The standard InChI is InChI=1S/C21H27ClN2O4S/c1-4-8-16(2)23-21(25)15-24(14-17-9-6-5-7-10-17)29(26,27)20-13-18(22)11-12-19(20)28-3/h5-7,9-13,16H,4,8,14-15H2,1-3H3,(H,23,25)/t16-/m1/s1. The zero-order chi connectivity index (χ0) is 21.4. The van der Waals surface area contributed by atoms with Crippen molar-refractivity contribution in [2.75, 3.05) is 13.7 Å². The average Bonchev–Trinajstić information content (AvgIpc) is 2.68. The number of hydrogen-bond acceptors (Lipinski definition) is 4. The Balaban J connectivity index is 2.38. The Labute approximate surface area is 177 Å². The molecule has 2 aromatic carbocycles. The van der Waals surface area contributed by atoms with E-state index >= 15 is 0 Å². The number of benzene rings is 2. The number of carbonyl (C=O) groups excluding carboxylic acids is 1. The van der Waals surface area contributed by atoms with Crippen LogP contribution in [0, 0.1) is 0 Å². The number of hydrogen-bond donors (Lipinski definition) is 1. The molecule has 8 heteroatoms. The number of ether oxygens (including phenoxy) is 1. The van der Waals surface area contributed by atoms with Crippen molar-refractivity contribution in [3.8, 4) is 5.75 Å². The van der Waals surface area contributed by atoms with Crippen molar-refractivity contribution >= 4 is 27.5 Å². The molecule has 1 N–H and O–H groups in total. The fraction of sp³-hybridized carbons (Fsp3) is 0.381. The van der Waals surface area contributed by atoms with Crippen LogP contribution in [0.1, 0.15) is 32.3 Å². The fourth-order valence-corrected chi connectivity index (χ4v) is 4.79. The van der Waals surface area contributed by atoms with Crippen LogP contribution in [0.3, 0.4) is 0 Å². The second-order valence-electron chi connectivity index (χ2n) is 6.81. The molecule has 1 atom stereocenters. The monoisotopic (exact) mass is 438 g/mol. The summed E-state index contributed by atoms with van der Waals surface area (Å²) >= 11 is 6.04. The minimum atomic E-state index is -4.04. The molecule has 29 heavy (non-hydrogen) atoms. The Bertz CT molecular complexity index is 920. The summed E-state index contributed by atoms with van der Waals surface area (Å²) in [5.74, 6) is -0.182. The first kappa shape index (κ1) is 23.2. The molecule has 0 aromatic heterocycles. The molecule has 0 aliphatic heterocycles. The summed E-state index contributed by atoms with van der Waals surface area (Å²) in [6, 6.07) is 13.5. The number of nitrogens with one attached hydrogen (secondary N) is 1. The fourth-order valence-electron chi connectivity index (χ4n) is 2.99. The third kappa shape index (κ3) is 6.45. The molecule has 0 aliphatic rings. The zero-order valence-electron chi connectivity index (χ0n) is 16.9. The van der Waals surface area contributed by atoms with Crippen LogP contribution in [0.5, 0.6) is 5.75 Å². The molecular formula is C21H27ClN2O4S. The Kier molecular flexibility index (Phi) is 8.49. The second-order valence-corrected chi connectivity index (χ2v) is 9.15. The summed E-state index contributed by atoms with van der Waals surface area (Å²) in [6.45, 7) is 3.67. The van der Waals surface area contributed by atoms with Crippen molar-refractivity contribution < 1.29 is 17.9 Å². The Morgan fingerprint density at radius 1 is 1.21 bits per heavy atom. The van der Waals surface area contributed by atoms with Gasteiger partial charge in [0.2, 0.25) is 15.9 Å². The summed E-state index contributed by atoms with van der Waals surface area (Å²) in [5.41, 5.74) is 0.770. The first-order chi connectivity index (χ1) is 13.8. The van der Waals surface area contributed by atoms with Crippen molar-refractivity contribution in [3.63, 3.8) is 0 Å². The zero-order valence-corrected chi connectivity index (χ0v) is 18.5. The van der Waals surface area contributed by atoms with Gasteiger partial charge in [0.05, 0.1) is 13.7 Å². The van der Waals surface area contributed by atoms with Gasteiger partial charge in [0.1, 0.15) is 10.6 Å². The van der Waals surface area contributed by atoms with Crippen molar-refractivity contribution in [2.24, 2.45) is 0 Å². The minimum Gasteiger partial charge on any atom is -0.495 e. The minimum absolute atomic E-state index is 0.0329. The molecule has 158 valence electrons. The van der Waals surface area contributed by atoms with Gasteiger partial charge in [-0.05, 0) is 37.1 Å². The summed E-state index contributed by atoms with van der Waals surface area (Å²) in [7, 11) is -2.65. The highest BCUT2D eigenvalue weighted by Crippen LogP contribution is 2.30. The van der Waals surface area contributed by atoms with Crippen LogP contribution in [0.15, 0.2) is 53.4 Å². The van der Waals surface area contributed by atoms with E-state index in [0.29, 0.717) is 0 Å². The molecule has 0 saturated carbocycles. The number of nitrogens with zero attached hydrogens (tertiary/aromatic N) is 1. The maximum Gasteiger partial charge on any atom is 0.247 e. The van der Waals surface area contributed by atoms with Gasteiger partial charge in [-0.2, -0.15) is 4.31 Å². The van der Waals surface area contributed by atoms with Crippen LogP contribution < -0.4 is 10.1 Å². The lowest BCUT2D eigenvalue weighted by atomic mass is 10.2. The third-order valence-electron chi connectivity index (χ3n) is 4.39. The van der Waals surface area contributed by atoms with Gasteiger partial charge >= 0.3 is 0 Å². The Hall–Kier alpha value is -2.09. The maximum absolute atomic E-state index is 13.4. The largest absolute Gasteiger partial charge is 0.495 e. The van der Waals surface area contributed by atoms with Gasteiger partial charge in [0.25, 0.3) is 0 Å². The third-order valence-corrected chi connectivity index (χ3v) is 6.44. The molecule has 0 saturated heterocycles. The highest BCUT2D eigenvalue weighted by Gasteiger charge is 2.30. The number of halogens is 1. The number of carbonyl (C=O) groups is 1. The van der Waals surface area contributed by atoms with Gasteiger partial charge in [0.15, 0.2) is 0 Å². The van der Waals surface area contributed by atoms with Crippen LogP contribution in [-0.4, -0.2) is 38.3 Å². The number of rotatable bonds is 10. The Morgan fingerprint density at radius 3 is 2.52 bits per heavy atom. The van der Waals surface area contributed by atoms with E-state index in [1.807, 2.05) is 44.2 Å². The lowest BCUT2D eigenvalue weighted by molar-refractivity contribution is -0.122. The van der Waals surface area contributed by atoms with E-state index in [4.69, 9.17) is 16.3 Å². The molecule has 2 aromatic rings. The predicted octanol–water partition coefficient (Wildman–Crippen LogP) is 3.84. The van der Waals surface area contributed by atoms with Crippen molar-refractivity contribution in [1.82, 2.24) is 9.62 Å². The summed E-state index contributed by atoms with van der Waals surface area (Å²) in [6.07, 6.45) is 1.74. The first-order valence-electron chi connectivity index (χ1n) is 9.45. The van der Waals surface area contributed by atoms with Crippen LogP contribution in [0.25, 0.3) is 0 Å². The van der Waals surface area contributed by atoms with Gasteiger partial charge in [-0.3, -0.25) is 4.79 Å². The van der Waals surface area contributed by atoms with Gasteiger partial charge in [-0.25, -0.2) is 8.42 Å². The van der Waals surface area contributed by atoms with Crippen molar-refractivity contribution in [2.45, 2.75) is 44.2 Å². The SMILES string of the molecule is CCC[C@@H](C)NC(=O)CN(Cc1ccccc1)S(=O)(=O)c1cc(Cl)ccc1OC. The van der Waals surface area contributed by atoms with E-state index in [1.54, 1.807) is 6.07 Å². The van der Waals surface area contributed by atoms with Gasteiger partial charge < -0.3 is 10.1 Å². The molecule has 0 bridgehead atoms. The van der Waals surface area contributed by atoms with Crippen LogP contribution in [-0.2, 0) is 21.4 Å². The normalized spacial score (nSPS) is 12.6. The highest BCUT2D eigenvalue weighted by atomic mass is 35.5. The smallest absolute Gasteiger partial charge is 0.247 e. The van der Waals surface area contributed by atoms with E-state index in [2.05, 4.69) is 5.32 Å². The molecule has 2 rings (SSSR count). The molecule has 0 heterocycles. The van der Waals surface area contributed by atoms with Gasteiger partial charge in [-0.1, -0.05) is 55.3 Å². The quantitative estimate of drug-likeness (QED) is 0.611. The van der Waals surface area contributed by atoms with Crippen molar-refractivity contribution in [3.05, 3.63) is 59.1 Å². The van der Waals surface area contributed by atoms with Crippen LogP contribution in [0.2, 0.25) is 5.02 Å². The highest BCUT2D eigenvalue weighted by molar-refractivity contribution is 7.89. The molecule has 0 fully saturated rings. The van der Waals surface area contributed by atoms with E-state index in [-0.39, 0.29) is 40.7 Å².